The van der Waals surface area contributed by atoms with Crippen molar-refractivity contribution in [2.45, 2.75) is 155 Å². The van der Waals surface area contributed by atoms with Crippen molar-refractivity contribution >= 4 is 172 Å². The van der Waals surface area contributed by atoms with E-state index in [2.05, 4.69) is 84.8 Å². The summed E-state index contributed by atoms with van der Waals surface area (Å²) < 4.78 is 26.6. The molecule has 0 saturated carbocycles. The highest BCUT2D eigenvalue weighted by Gasteiger charge is 2.42. The van der Waals surface area contributed by atoms with Gasteiger partial charge < -0.3 is 68.6 Å². The Bertz CT molecular complexity index is 6990. The summed E-state index contributed by atoms with van der Waals surface area (Å²) >= 11 is 32.7. The van der Waals surface area contributed by atoms with E-state index in [9.17, 15) is 38.4 Å². The number of nitrogens with zero attached hydrogens (tertiary/aromatic N) is 8. The fraction of sp³-hybridized carbons (Fsp3) is 0.375. The third-order valence-electron chi connectivity index (χ3n) is 28.2. The molecule has 145 heavy (non-hydrogen) atoms. The van der Waals surface area contributed by atoms with Crippen LogP contribution in [0.15, 0.2) is 187 Å². The number of benzene rings is 8. The predicted molar refractivity (Wildman–Crippen MR) is 572 cm³/mol. The summed E-state index contributed by atoms with van der Waals surface area (Å²) in [6.07, 6.45) is 9.30. The van der Waals surface area contributed by atoms with E-state index in [-0.39, 0.29) is 78.4 Å². The molecule has 7 aliphatic heterocycles. The minimum Gasteiger partial charge on any atom is -0.450 e. The first-order chi connectivity index (χ1) is 70.4. The first-order valence-electron chi connectivity index (χ1n) is 50.4. The number of aromatic nitrogens is 5. The van der Waals surface area contributed by atoms with Crippen molar-refractivity contribution in [2.75, 3.05) is 119 Å². The van der Waals surface area contributed by atoms with Crippen molar-refractivity contribution in [3.8, 4) is 0 Å². The van der Waals surface area contributed by atoms with Crippen LogP contribution in [0, 0.1) is 0 Å². The Morgan fingerprint density at radius 1 is 0.386 bits per heavy atom. The number of likely N-dealkylation sites (tertiary alicyclic amines) is 1. The van der Waals surface area contributed by atoms with E-state index >= 15 is 0 Å². The summed E-state index contributed by atoms with van der Waals surface area (Å²) in [7, 11) is 2.09. The van der Waals surface area contributed by atoms with E-state index in [4.69, 9.17) is 81.7 Å². The van der Waals surface area contributed by atoms with Crippen LogP contribution in [0.3, 0.4) is 0 Å². The molecule has 5 unspecified atom stereocenters. The molecule has 6 N–H and O–H groups in total. The summed E-state index contributed by atoms with van der Waals surface area (Å²) in [5.41, 5.74) is 21.9. The zero-order valence-electron chi connectivity index (χ0n) is 82.7. The lowest BCUT2D eigenvalue weighted by molar-refractivity contribution is -0.127. The topological polar surface area (TPSA) is 300 Å². The van der Waals surface area contributed by atoms with Gasteiger partial charge in [0.1, 0.15) is 18.1 Å². The highest BCUT2D eigenvalue weighted by Crippen LogP contribution is 2.46. The van der Waals surface area contributed by atoms with E-state index < -0.39 is 0 Å². The molecule has 0 aliphatic carbocycles. The molecular weight excluding hydrogens is 1960 g/mol. The van der Waals surface area contributed by atoms with Crippen LogP contribution in [0.4, 0.5) is 24.0 Å². The Labute approximate surface area is 872 Å². The fourth-order valence-corrected chi connectivity index (χ4v) is 22.9. The van der Waals surface area contributed by atoms with E-state index in [0.29, 0.717) is 119 Å². The van der Waals surface area contributed by atoms with Gasteiger partial charge in [-0.3, -0.25) is 38.9 Å². The molecule has 7 aliphatic rings. The Kier molecular flexibility index (Phi) is 34.1. The van der Waals surface area contributed by atoms with Crippen molar-refractivity contribution in [3.05, 3.63) is 301 Å². The maximum absolute atomic E-state index is 13.2. The second kappa shape index (κ2) is 47.7. The van der Waals surface area contributed by atoms with Gasteiger partial charge in [-0.2, -0.15) is 11.3 Å². The standard InChI is InChI=1S/C28H31ClN4O4.C27H31ClN4O3.C22H23ClN2O2.C18H17ClN2O2S.C17H21ClN2O2/c1-2-37-28(36)33-16-12-21-22-17-20(29)10-11-23(22)31-25(21)26(33)18-6-8-19(9-7-18)27(35)30-13-4-15-32-14-3-5-24(32)34;1-3-35-27(34)32-14-11-21-22-17-20(28)9-10-23(22)29-24(21)25(32)18-5-7-19(8-6-18)26(33)31-13-4-12-30(2)15-16-31;1-2-27-22(26)25-13-12-17-18-14-16(23)9-10-19(18)24-21(17)20(25)11-8-15-6-4-3-5-7-15;1-2-23-18(22)21-7-5-13-14-9-12(19)3-4-15(14)20-16(13)17(21)11-6-8-24-10-11;1-3-5-15-16-12(8-9-20(15)17(21)22-4-2)13-10-11(18)6-7-14(13)19-16/h6-11,17,26,31H,2-5,12-16H2,1H3,(H,30,35);5-10,17,25,29H,3-4,11-16H2,1-2H3;3-7,9-10,14,20,24H,2,8,11-13H2,1H3;3-4,6,8-10,17,20H,2,5,7H2,1H3;6-7,10,15,19H,3-5,8-9H2,1-2H3. The zero-order chi connectivity index (χ0) is 102. The predicted octanol–water partition coefficient (Wildman–Crippen LogP) is 24.5. The maximum Gasteiger partial charge on any atom is 0.410 e. The van der Waals surface area contributed by atoms with Crippen LogP contribution in [0.5, 0.6) is 0 Å². The normalized spacial score (nSPS) is 17.5. The molecule has 13 heterocycles. The van der Waals surface area contributed by atoms with E-state index in [1.54, 1.807) is 40.2 Å². The van der Waals surface area contributed by atoms with Crippen LogP contribution < -0.4 is 5.32 Å². The number of amides is 8. The number of likely N-dealkylation sites (N-methyl/N-ethyl adjacent to an activating group) is 1. The van der Waals surface area contributed by atoms with Gasteiger partial charge in [-0.15, -0.1) is 0 Å². The second-order valence-corrected chi connectivity index (χ2v) is 40.1. The number of fused-ring (bicyclic) bond motifs is 15. The highest BCUT2D eigenvalue weighted by molar-refractivity contribution is 7.08. The number of aryl methyl sites for hydroxylation is 1. The highest BCUT2D eigenvalue weighted by atomic mass is 35.5. The molecule has 14 aromatic rings. The first kappa shape index (κ1) is 104. The number of H-pyrrole nitrogens is 5. The van der Waals surface area contributed by atoms with Gasteiger partial charge >= 0.3 is 30.5 Å². The molecule has 33 heteroatoms. The Balaban J connectivity index is 0.000000126. The lowest BCUT2D eigenvalue weighted by Gasteiger charge is -2.35. The summed E-state index contributed by atoms with van der Waals surface area (Å²) in [5, 5.41) is 16.2. The SMILES string of the molecule is CCCC1c2[nH]c3ccc(Cl)cc3c2CCN1C(=O)OCC.CCOC(=O)N1CCc2c([nH]c3ccc(Cl)cc23)C1CCc1ccccc1.CCOC(=O)N1CCc2c([nH]c3ccc(Cl)cc23)C1c1ccc(C(=O)N2CCCN(C)CC2)cc1.CCOC(=O)N1CCc2c([nH]c3ccc(Cl)cc23)C1c1ccc(C(=O)NCCCN2CCCC2=O)cc1.CCOC(=O)N1CCc2c([nH]c3ccc(Cl)cc23)C1c1ccsc1. The number of halogens is 5. The lowest BCUT2D eigenvalue weighted by atomic mass is 9.92. The number of carbonyl (C=O) groups excluding carboxylic acids is 8. The van der Waals surface area contributed by atoms with Crippen LogP contribution in [0.25, 0.3) is 54.5 Å². The smallest absolute Gasteiger partial charge is 0.410 e. The number of carbonyl (C=O) groups is 8. The van der Waals surface area contributed by atoms with Gasteiger partial charge in [0.15, 0.2) is 0 Å². The largest absolute Gasteiger partial charge is 0.450 e. The number of thiophene rings is 1. The van der Waals surface area contributed by atoms with Crippen molar-refractivity contribution in [2.24, 2.45) is 0 Å². The molecule has 0 spiro atoms. The monoisotopic (exact) mass is 2080 g/mol. The van der Waals surface area contributed by atoms with Crippen LogP contribution in [0.1, 0.15) is 216 Å². The average Bonchev–Trinajstić information content (AvgIpc) is 1.58. The molecule has 2 fully saturated rings. The van der Waals surface area contributed by atoms with Crippen molar-refractivity contribution < 1.29 is 62.0 Å². The lowest BCUT2D eigenvalue weighted by Crippen LogP contribution is -2.41. The minimum absolute atomic E-state index is 0.0285. The molecule has 2 saturated heterocycles. The van der Waals surface area contributed by atoms with Crippen LogP contribution in [-0.4, -0.2) is 231 Å². The van der Waals surface area contributed by atoms with Crippen molar-refractivity contribution in [1.29, 1.82) is 0 Å². The molecule has 27 nitrogen and oxygen atoms in total. The van der Waals surface area contributed by atoms with E-state index in [0.717, 1.165) is 212 Å². The Morgan fingerprint density at radius 3 is 1.15 bits per heavy atom. The van der Waals surface area contributed by atoms with E-state index in [1.807, 2.05) is 191 Å². The Morgan fingerprint density at radius 2 is 0.766 bits per heavy atom. The molecule has 0 bridgehead atoms. The zero-order valence-corrected chi connectivity index (χ0v) is 87.3. The number of hydrogen-bond donors (Lipinski definition) is 6. The number of ether oxygens (including phenoxy) is 5. The first-order valence-corrected chi connectivity index (χ1v) is 53.2. The van der Waals surface area contributed by atoms with Gasteiger partial charge in [0.25, 0.3) is 11.8 Å². The number of rotatable bonds is 19. The summed E-state index contributed by atoms with van der Waals surface area (Å²) in [6, 6.07) is 55.9. The average molecular weight is 2080 g/mol. The van der Waals surface area contributed by atoms with Crippen LogP contribution in [0.2, 0.25) is 25.1 Å². The molecular formula is C112H123Cl5N14O13S. The number of nitrogens with one attached hydrogen (secondary N) is 6. The molecule has 6 aromatic heterocycles. The van der Waals surface area contributed by atoms with Gasteiger partial charge in [0, 0.05) is 198 Å². The second-order valence-electron chi connectivity index (χ2n) is 37.1. The Hall–Kier alpha value is -12.7. The van der Waals surface area contributed by atoms with Gasteiger partial charge in [-0.25, -0.2) is 24.0 Å². The third kappa shape index (κ3) is 23.3. The van der Waals surface area contributed by atoms with Gasteiger partial charge in [0.05, 0.1) is 45.1 Å². The molecule has 21 rings (SSSR count). The van der Waals surface area contributed by atoms with Gasteiger partial charge in [0.2, 0.25) is 5.91 Å². The molecule has 0 radical (unpaired) electrons. The molecule has 5 atom stereocenters. The maximum atomic E-state index is 13.2. The molecule has 8 aromatic carbocycles. The van der Waals surface area contributed by atoms with Crippen molar-refractivity contribution in [1.82, 2.24) is 69.4 Å². The quantitative estimate of drug-likeness (QED) is 0.0324. The minimum atomic E-state index is -0.371. The number of aromatic amines is 5. The fourth-order valence-electron chi connectivity index (χ4n) is 21.4. The number of hydrogen-bond acceptors (Lipinski definition) is 15. The van der Waals surface area contributed by atoms with Crippen LogP contribution >= 0.6 is 69.3 Å². The van der Waals surface area contributed by atoms with Crippen LogP contribution in [-0.2, 0) is 67.0 Å². The molecule has 8 amide bonds. The summed E-state index contributed by atoms with van der Waals surface area (Å²) in [5.74, 6) is 0.0903. The van der Waals surface area contributed by atoms with Gasteiger partial charge in [-0.1, -0.05) is 126 Å². The van der Waals surface area contributed by atoms with Crippen molar-refractivity contribution in [3.63, 3.8) is 0 Å². The third-order valence-corrected chi connectivity index (χ3v) is 30.1. The van der Waals surface area contributed by atoms with E-state index in [1.165, 1.54) is 33.2 Å². The molecule has 760 valence electrons. The van der Waals surface area contributed by atoms with Gasteiger partial charge in [-0.05, 0) is 301 Å². The summed E-state index contributed by atoms with van der Waals surface area (Å²) in [4.78, 5) is 133. The summed E-state index contributed by atoms with van der Waals surface area (Å²) in [6.45, 7) is 21.4.